The topological polar surface area (TPSA) is 26.3 Å². The van der Waals surface area contributed by atoms with Crippen molar-refractivity contribution in [1.29, 1.82) is 0 Å². The standard InChI is InChI=1S/C17H23F3O2/c1-4-13(10-12(3)22-16(21)5-2)11-14-6-8-15(9-7-14)17(18,19)20/h6-9,12-13H,4-5,10-11H2,1-3H3. The van der Waals surface area contributed by atoms with Crippen molar-refractivity contribution < 1.29 is 22.7 Å². The molecule has 0 spiro atoms. The Balaban J connectivity index is 2.60. The van der Waals surface area contributed by atoms with Crippen molar-refractivity contribution in [3.63, 3.8) is 0 Å². The molecule has 0 aliphatic carbocycles. The number of carbonyl (C=O) groups excluding carboxylic acids is 1. The second-order valence-corrected chi connectivity index (χ2v) is 5.56. The van der Waals surface area contributed by atoms with Gasteiger partial charge in [-0.15, -0.1) is 0 Å². The van der Waals surface area contributed by atoms with Crippen molar-refractivity contribution in [1.82, 2.24) is 0 Å². The molecule has 0 heterocycles. The highest BCUT2D eigenvalue weighted by molar-refractivity contribution is 5.69. The Kier molecular flexibility index (Phi) is 6.91. The lowest BCUT2D eigenvalue weighted by molar-refractivity contribution is -0.148. The number of carbonyl (C=O) groups is 1. The zero-order valence-corrected chi connectivity index (χ0v) is 13.2. The normalized spacial score (nSPS) is 14.5. The van der Waals surface area contributed by atoms with E-state index in [0.29, 0.717) is 19.3 Å². The highest BCUT2D eigenvalue weighted by Crippen LogP contribution is 2.29. The highest BCUT2D eigenvalue weighted by Gasteiger charge is 2.30. The third-order valence-electron chi connectivity index (χ3n) is 3.67. The van der Waals surface area contributed by atoms with Crippen molar-refractivity contribution in [3.05, 3.63) is 35.4 Å². The smallest absolute Gasteiger partial charge is 0.416 e. The van der Waals surface area contributed by atoms with E-state index in [1.807, 2.05) is 13.8 Å². The molecule has 0 saturated heterocycles. The molecule has 124 valence electrons. The number of esters is 1. The van der Waals surface area contributed by atoms with Crippen molar-refractivity contribution in [2.45, 2.75) is 58.7 Å². The van der Waals surface area contributed by atoms with Crippen LogP contribution in [0.5, 0.6) is 0 Å². The summed E-state index contributed by atoms with van der Waals surface area (Å²) in [6, 6.07) is 5.27. The van der Waals surface area contributed by atoms with Gasteiger partial charge in [0.2, 0.25) is 0 Å². The van der Waals surface area contributed by atoms with Gasteiger partial charge in [-0.05, 0) is 43.4 Å². The van der Waals surface area contributed by atoms with Crippen LogP contribution < -0.4 is 0 Å². The second-order valence-electron chi connectivity index (χ2n) is 5.56. The highest BCUT2D eigenvalue weighted by atomic mass is 19.4. The minimum Gasteiger partial charge on any atom is -0.463 e. The molecule has 0 bridgehead atoms. The molecule has 0 saturated carbocycles. The van der Waals surface area contributed by atoms with Gasteiger partial charge in [0.15, 0.2) is 0 Å². The molecule has 0 aromatic heterocycles. The molecule has 0 aliphatic rings. The van der Waals surface area contributed by atoms with Gasteiger partial charge in [0, 0.05) is 6.42 Å². The molecule has 1 aromatic rings. The molecule has 2 nitrogen and oxygen atoms in total. The van der Waals surface area contributed by atoms with Gasteiger partial charge in [0.05, 0.1) is 11.7 Å². The van der Waals surface area contributed by atoms with Gasteiger partial charge in [0.25, 0.3) is 0 Å². The first-order valence-electron chi connectivity index (χ1n) is 7.61. The van der Waals surface area contributed by atoms with Crippen LogP contribution in [0.4, 0.5) is 13.2 Å². The molecular weight excluding hydrogens is 293 g/mol. The summed E-state index contributed by atoms with van der Waals surface area (Å²) in [5.41, 5.74) is 0.239. The Morgan fingerprint density at radius 1 is 1.18 bits per heavy atom. The zero-order valence-electron chi connectivity index (χ0n) is 13.2. The summed E-state index contributed by atoms with van der Waals surface area (Å²) in [6.07, 6.45) is -1.85. The van der Waals surface area contributed by atoms with Crippen LogP contribution in [0.2, 0.25) is 0 Å². The largest absolute Gasteiger partial charge is 0.463 e. The number of hydrogen-bond acceptors (Lipinski definition) is 2. The van der Waals surface area contributed by atoms with E-state index in [1.165, 1.54) is 12.1 Å². The fourth-order valence-corrected chi connectivity index (χ4v) is 2.38. The fraction of sp³-hybridized carbons (Fsp3) is 0.588. The Morgan fingerprint density at radius 3 is 2.23 bits per heavy atom. The minimum absolute atomic E-state index is 0.174. The number of hydrogen-bond donors (Lipinski definition) is 0. The molecular formula is C17H23F3O2. The zero-order chi connectivity index (χ0) is 16.8. The number of alkyl halides is 3. The van der Waals surface area contributed by atoms with Gasteiger partial charge < -0.3 is 4.74 Å². The van der Waals surface area contributed by atoms with Crippen LogP contribution in [0.3, 0.4) is 0 Å². The summed E-state index contributed by atoms with van der Waals surface area (Å²) < 4.78 is 42.8. The average molecular weight is 316 g/mol. The van der Waals surface area contributed by atoms with Gasteiger partial charge in [-0.1, -0.05) is 32.4 Å². The van der Waals surface area contributed by atoms with E-state index in [4.69, 9.17) is 4.74 Å². The number of ether oxygens (including phenoxy) is 1. The molecule has 0 N–H and O–H groups in total. The average Bonchev–Trinajstić information content (AvgIpc) is 2.45. The first kappa shape index (κ1) is 18.5. The van der Waals surface area contributed by atoms with E-state index in [-0.39, 0.29) is 18.0 Å². The molecule has 0 amide bonds. The lowest BCUT2D eigenvalue weighted by Crippen LogP contribution is -2.19. The first-order valence-corrected chi connectivity index (χ1v) is 7.61. The molecule has 2 atom stereocenters. The molecule has 1 aromatic carbocycles. The van der Waals surface area contributed by atoms with E-state index in [0.717, 1.165) is 24.1 Å². The molecule has 1 rings (SSSR count). The second kappa shape index (κ2) is 8.20. The summed E-state index contributed by atoms with van der Waals surface area (Å²) >= 11 is 0. The van der Waals surface area contributed by atoms with Crippen LogP contribution in [0.15, 0.2) is 24.3 Å². The van der Waals surface area contributed by atoms with Crippen molar-refractivity contribution in [2.24, 2.45) is 5.92 Å². The summed E-state index contributed by atoms with van der Waals surface area (Å²) in [5.74, 6) is 0.0493. The third-order valence-corrected chi connectivity index (χ3v) is 3.67. The summed E-state index contributed by atoms with van der Waals surface area (Å²) in [6.45, 7) is 5.63. The summed E-state index contributed by atoms with van der Waals surface area (Å²) in [4.78, 5) is 11.3. The van der Waals surface area contributed by atoms with Gasteiger partial charge >= 0.3 is 12.1 Å². The van der Waals surface area contributed by atoms with E-state index in [1.54, 1.807) is 6.92 Å². The van der Waals surface area contributed by atoms with Crippen LogP contribution in [0.1, 0.15) is 51.2 Å². The Morgan fingerprint density at radius 2 is 1.77 bits per heavy atom. The lowest BCUT2D eigenvalue weighted by atomic mass is 9.91. The van der Waals surface area contributed by atoms with Crippen LogP contribution >= 0.6 is 0 Å². The Labute approximate surface area is 129 Å². The lowest BCUT2D eigenvalue weighted by Gasteiger charge is -2.20. The molecule has 22 heavy (non-hydrogen) atoms. The van der Waals surface area contributed by atoms with Crippen LogP contribution in [-0.4, -0.2) is 12.1 Å². The predicted octanol–water partition coefficient (Wildman–Crippen LogP) is 5.01. The first-order chi connectivity index (χ1) is 10.3. The van der Waals surface area contributed by atoms with Gasteiger partial charge in [-0.25, -0.2) is 0 Å². The van der Waals surface area contributed by atoms with Gasteiger partial charge in [0.1, 0.15) is 0 Å². The number of halogens is 3. The van der Waals surface area contributed by atoms with Crippen LogP contribution in [0.25, 0.3) is 0 Å². The maximum absolute atomic E-state index is 12.5. The van der Waals surface area contributed by atoms with Crippen LogP contribution in [-0.2, 0) is 22.1 Å². The van der Waals surface area contributed by atoms with E-state index in [2.05, 4.69) is 0 Å². The van der Waals surface area contributed by atoms with Crippen molar-refractivity contribution in [2.75, 3.05) is 0 Å². The number of rotatable bonds is 7. The van der Waals surface area contributed by atoms with Gasteiger partial charge in [-0.2, -0.15) is 13.2 Å². The molecule has 0 radical (unpaired) electrons. The quantitative estimate of drug-likeness (QED) is 0.661. The van der Waals surface area contributed by atoms with E-state index in [9.17, 15) is 18.0 Å². The SMILES string of the molecule is CCC(=O)OC(C)CC(CC)Cc1ccc(C(F)(F)F)cc1. The van der Waals surface area contributed by atoms with E-state index >= 15 is 0 Å². The van der Waals surface area contributed by atoms with E-state index < -0.39 is 11.7 Å². The maximum atomic E-state index is 12.5. The van der Waals surface area contributed by atoms with Crippen molar-refractivity contribution >= 4 is 5.97 Å². The molecule has 0 aliphatic heterocycles. The van der Waals surface area contributed by atoms with Crippen LogP contribution in [0, 0.1) is 5.92 Å². The fourth-order valence-electron chi connectivity index (χ4n) is 2.38. The number of benzene rings is 1. The summed E-state index contributed by atoms with van der Waals surface area (Å²) in [5, 5.41) is 0. The van der Waals surface area contributed by atoms with Crippen molar-refractivity contribution in [3.8, 4) is 0 Å². The molecule has 5 heteroatoms. The summed E-state index contributed by atoms with van der Waals surface area (Å²) in [7, 11) is 0. The monoisotopic (exact) mass is 316 g/mol. The third kappa shape index (κ3) is 6.08. The molecule has 2 unspecified atom stereocenters. The maximum Gasteiger partial charge on any atom is 0.416 e. The molecule has 0 fully saturated rings. The Bertz CT molecular complexity index is 466. The Hall–Kier alpha value is -1.52. The minimum atomic E-state index is -4.30. The van der Waals surface area contributed by atoms with Gasteiger partial charge in [-0.3, -0.25) is 4.79 Å². The predicted molar refractivity (Wildman–Crippen MR) is 79.4 cm³/mol.